The lowest BCUT2D eigenvalue weighted by atomic mass is 10.1. The fourth-order valence-electron chi connectivity index (χ4n) is 3.48. The molecule has 0 unspecified atom stereocenters. The molecule has 1 N–H and O–H groups in total. The van der Waals surface area contributed by atoms with Crippen molar-refractivity contribution < 1.29 is 23.9 Å². The Bertz CT molecular complexity index is 1050. The van der Waals surface area contributed by atoms with Gasteiger partial charge in [-0.3, -0.25) is 19.3 Å². The molecule has 4 rings (SSSR count). The Morgan fingerprint density at radius 3 is 2.62 bits per heavy atom. The third kappa shape index (κ3) is 4.95. The predicted octanol–water partition coefficient (Wildman–Crippen LogP) is 3.21. The molecule has 0 atom stereocenters. The number of carbonyl (C=O) groups excluding carboxylic acids is 3. The molecule has 2 aliphatic rings. The van der Waals surface area contributed by atoms with E-state index in [-0.39, 0.29) is 11.4 Å². The van der Waals surface area contributed by atoms with Crippen LogP contribution in [0.1, 0.15) is 5.56 Å². The molecule has 0 spiro atoms. The molecule has 0 aromatic heterocycles. The number of morpholine rings is 1. The molecule has 32 heavy (non-hydrogen) atoms. The Hall–Kier alpha value is -3.30. The Labute approximate surface area is 190 Å². The van der Waals surface area contributed by atoms with E-state index in [0.717, 1.165) is 35.4 Å². The number of ether oxygens (including phenoxy) is 2. The van der Waals surface area contributed by atoms with E-state index in [1.54, 1.807) is 37.5 Å². The largest absolute Gasteiger partial charge is 0.496 e. The van der Waals surface area contributed by atoms with Crippen molar-refractivity contribution in [1.82, 2.24) is 4.90 Å². The lowest BCUT2D eigenvalue weighted by molar-refractivity contribution is -0.127. The number of imide groups is 1. The summed E-state index contributed by atoms with van der Waals surface area (Å²) in [6.45, 7) is 2.60. The summed E-state index contributed by atoms with van der Waals surface area (Å²) in [4.78, 5) is 40.9. The van der Waals surface area contributed by atoms with Crippen molar-refractivity contribution in [1.29, 1.82) is 0 Å². The number of thioether (sulfide) groups is 1. The smallest absolute Gasteiger partial charge is 0.294 e. The van der Waals surface area contributed by atoms with Gasteiger partial charge >= 0.3 is 0 Å². The molecule has 2 aliphatic heterocycles. The van der Waals surface area contributed by atoms with Gasteiger partial charge in [-0.15, -0.1) is 0 Å². The van der Waals surface area contributed by atoms with E-state index in [2.05, 4.69) is 10.2 Å². The van der Waals surface area contributed by atoms with Crippen molar-refractivity contribution in [2.45, 2.75) is 0 Å². The van der Waals surface area contributed by atoms with Gasteiger partial charge in [-0.2, -0.15) is 0 Å². The van der Waals surface area contributed by atoms with E-state index in [9.17, 15) is 14.4 Å². The zero-order valence-corrected chi connectivity index (χ0v) is 18.4. The average molecular weight is 454 g/mol. The maximum atomic E-state index is 12.8. The zero-order valence-electron chi connectivity index (χ0n) is 17.6. The minimum atomic E-state index is -0.498. The fraction of sp³-hybridized carbons (Fsp3) is 0.261. The third-order valence-electron chi connectivity index (χ3n) is 5.11. The van der Waals surface area contributed by atoms with E-state index in [1.807, 2.05) is 24.3 Å². The van der Waals surface area contributed by atoms with Crippen LogP contribution >= 0.6 is 11.8 Å². The Morgan fingerprint density at radius 1 is 1.16 bits per heavy atom. The summed E-state index contributed by atoms with van der Waals surface area (Å²) in [6.07, 6.45) is 1.63. The number of benzene rings is 2. The number of hydrogen-bond acceptors (Lipinski definition) is 7. The number of methoxy groups -OCH3 is 1. The highest BCUT2D eigenvalue weighted by Gasteiger charge is 2.36. The van der Waals surface area contributed by atoms with Gasteiger partial charge in [0.15, 0.2) is 0 Å². The number of nitrogens with one attached hydrogen (secondary N) is 1. The number of hydrogen-bond donors (Lipinski definition) is 1. The molecule has 8 nitrogen and oxygen atoms in total. The van der Waals surface area contributed by atoms with Crippen molar-refractivity contribution in [3.05, 3.63) is 59.0 Å². The first-order chi connectivity index (χ1) is 15.5. The summed E-state index contributed by atoms with van der Waals surface area (Å²) in [7, 11) is 1.56. The Balaban J connectivity index is 1.47. The van der Waals surface area contributed by atoms with Gasteiger partial charge < -0.3 is 19.7 Å². The minimum Gasteiger partial charge on any atom is -0.496 e. The first kappa shape index (κ1) is 21.9. The summed E-state index contributed by atoms with van der Waals surface area (Å²) >= 11 is 0.812. The van der Waals surface area contributed by atoms with Crippen LogP contribution in [-0.2, 0) is 14.3 Å². The summed E-state index contributed by atoms with van der Waals surface area (Å²) in [5.41, 5.74) is 2.29. The molecule has 166 valence electrons. The normalized spacial score (nSPS) is 17.7. The van der Waals surface area contributed by atoms with E-state index < -0.39 is 17.1 Å². The second-order valence-corrected chi connectivity index (χ2v) is 8.20. The van der Waals surface area contributed by atoms with E-state index in [4.69, 9.17) is 9.47 Å². The van der Waals surface area contributed by atoms with Gasteiger partial charge in [0.25, 0.3) is 11.1 Å². The summed E-state index contributed by atoms with van der Waals surface area (Å²) in [6, 6.07) is 14.6. The Kier molecular flexibility index (Phi) is 6.77. The topological polar surface area (TPSA) is 88.2 Å². The van der Waals surface area contributed by atoms with Gasteiger partial charge in [-0.1, -0.05) is 18.2 Å². The number of anilines is 2. The van der Waals surface area contributed by atoms with Crippen molar-refractivity contribution in [2.24, 2.45) is 0 Å². The van der Waals surface area contributed by atoms with E-state index in [1.165, 1.54) is 0 Å². The summed E-state index contributed by atoms with van der Waals surface area (Å²) in [5.74, 6) is -0.336. The van der Waals surface area contributed by atoms with Crippen LogP contribution in [0.3, 0.4) is 0 Å². The zero-order chi connectivity index (χ0) is 22.5. The minimum absolute atomic E-state index is 0.250. The van der Waals surface area contributed by atoms with Gasteiger partial charge in [0.05, 0.1) is 25.2 Å². The van der Waals surface area contributed by atoms with Crippen molar-refractivity contribution in [2.75, 3.05) is 50.2 Å². The van der Waals surface area contributed by atoms with Gasteiger partial charge in [-0.05, 0) is 42.1 Å². The standard InChI is InChI=1S/C23H23N3O5S/c1-30-19-14-18(25-9-11-31-12-10-25)8-7-16(19)13-20-22(28)26(23(29)32-20)15-21(27)24-17-5-3-2-4-6-17/h2-8,13-14H,9-12,15H2,1H3,(H,24,27)/b20-13-. The van der Waals surface area contributed by atoms with Crippen LogP contribution < -0.4 is 15.0 Å². The first-order valence-corrected chi connectivity index (χ1v) is 11.0. The monoisotopic (exact) mass is 453 g/mol. The molecule has 9 heteroatoms. The number of nitrogens with zero attached hydrogens (tertiary/aromatic N) is 2. The molecule has 2 saturated heterocycles. The molecule has 0 saturated carbocycles. The number of para-hydroxylation sites is 1. The number of amides is 3. The maximum absolute atomic E-state index is 12.8. The number of carbonyl (C=O) groups is 3. The van der Waals surface area contributed by atoms with Crippen LogP contribution in [0.4, 0.5) is 16.2 Å². The van der Waals surface area contributed by atoms with Crippen LogP contribution in [0.5, 0.6) is 5.75 Å². The third-order valence-corrected chi connectivity index (χ3v) is 6.02. The molecule has 2 fully saturated rings. The molecule has 0 bridgehead atoms. The van der Waals surface area contributed by atoms with Crippen LogP contribution in [0.2, 0.25) is 0 Å². The van der Waals surface area contributed by atoms with Crippen molar-refractivity contribution in [3.63, 3.8) is 0 Å². The lowest BCUT2D eigenvalue weighted by Gasteiger charge is -2.29. The highest BCUT2D eigenvalue weighted by molar-refractivity contribution is 8.18. The Morgan fingerprint density at radius 2 is 1.91 bits per heavy atom. The van der Waals surface area contributed by atoms with Crippen LogP contribution in [-0.4, -0.2) is 61.9 Å². The van der Waals surface area contributed by atoms with E-state index in [0.29, 0.717) is 30.2 Å². The molecule has 2 heterocycles. The van der Waals surface area contributed by atoms with Crippen LogP contribution in [0, 0.1) is 0 Å². The quantitative estimate of drug-likeness (QED) is 0.672. The molecule has 0 aliphatic carbocycles. The SMILES string of the molecule is COc1cc(N2CCOCC2)ccc1/C=C1\SC(=O)N(CC(=O)Nc2ccccc2)C1=O. The highest BCUT2D eigenvalue weighted by atomic mass is 32.2. The lowest BCUT2D eigenvalue weighted by Crippen LogP contribution is -2.36. The molecule has 2 aromatic carbocycles. The molecule has 3 amide bonds. The summed E-state index contributed by atoms with van der Waals surface area (Å²) < 4.78 is 10.9. The second kappa shape index (κ2) is 9.88. The van der Waals surface area contributed by atoms with Gasteiger partial charge in [0.1, 0.15) is 12.3 Å². The van der Waals surface area contributed by atoms with Gasteiger partial charge in [0.2, 0.25) is 5.91 Å². The molecule has 2 aromatic rings. The van der Waals surface area contributed by atoms with Crippen LogP contribution in [0.15, 0.2) is 53.4 Å². The molecular formula is C23H23N3O5S. The first-order valence-electron chi connectivity index (χ1n) is 10.2. The maximum Gasteiger partial charge on any atom is 0.294 e. The van der Waals surface area contributed by atoms with E-state index >= 15 is 0 Å². The average Bonchev–Trinajstić information content (AvgIpc) is 3.07. The van der Waals surface area contributed by atoms with Gasteiger partial charge in [-0.25, -0.2) is 0 Å². The van der Waals surface area contributed by atoms with Crippen molar-refractivity contribution in [3.8, 4) is 5.75 Å². The second-order valence-electron chi connectivity index (χ2n) is 7.21. The molecule has 0 radical (unpaired) electrons. The number of rotatable bonds is 6. The molecular weight excluding hydrogens is 430 g/mol. The summed E-state index contributed by atoms with van der Waals surface area (Å²) in [5, 5.41) is 2.20. The highest BCUT2D eigenvalue weighted by Crippen LogP contribution is 2.35. The van der Waals surface area contributed by atoms with Gasteiger partial charge in [0, 0.05) is 36.1 Å². The van der Waals surface area contributed by atoms with Crippen molar-refractivity contribution >= 4 is 46.3 Å². The fourth-order valence-corrected chi connectivity index (χ4v) is 4.31. The predicted molar refractivity (Wildman–Crippen MR) is 124 cm³/mol. The van der Waals surface area contributed by atoms with Crippen LogP contribution in [0.25, 0.3) is 6.08 Å².